The van der Waals surface area contributed by atoms with Crippen molar-refractivity contribution < 1.29 is 13.2 Å². The molecule has 1 atom stereocenters. The number of hydrogen-bond donors (Lipinski definition) is 2. The summed E-state index contributed by atoms with van der Waals surface area (Å²) in [5.41, 5.74) is 0.0520. The predicted molar refractivity (Wildman–Crippen MR) is 68.4 cm³/mol. The molecular formula is C14H17F3N2. The fourth-order valence-electron chi connectivity index (χ4n) is 2.05. The zero-order valence-electron chi connectivity index (χ0n) is 10.5. The molecule has 0 spiro atoms. The molecule has 1 heterocycles. The van der Waals surface area contributed by atoms with E-state index in [9.17, 15) is 13.2 Å². The summed E-state index contributed by atoms with van der Waals surface area (Å²) < 4.78 is 37.7. The Morgan fingerprint density at radius 2 is 2.11 bits per heavy atom. The zero-order valence-corrected chi connectivity index (χ0v) is 10.5. The maximum absolute atomic E-state index is 12.6. The molecular weight excluding hydrogens is 253 g/mol. The van der Waals surface area contributed by atoms with E-state index in [-0.39, 0.29) is 6.17 Å². The van der Waals surface area contributed by atoms with Crippen LogP contribution in [0.1, 0.15) is 24.0 Å². The summed E-state index contributed by atoms with van der Waals surface area (Å²) in [7, 11) is 0. The van der Waals surface area contributed by atoms with Crippen LogP contribution in [0, 0.1) is 0 Å². The van der Waals surface area contributed by atoms with Gasteiger partial charge >= 0.3 is 6.18 Å². The van der Waals surface area contributed by atoms with Crippen molar-refractivity contribution in [3.63, 3.8) is 0 Å². The predicted octanol–water partition coefficient (Wildman–Crippen LogP) is 3.06. The van der Waals surface area contributed by atoms with E-state index in [0.29, 0.717) is 12.1 Å². The highest BCUT2D eigenvalue weighted by Gasteiger charge is 2.30. The second-order valence-corrected chi connectivity index (χ2v) is 4.59. The molecule has 104 valence electrons. The van der Waals surface area contributed by atoms with Crippen LogP contribution in [0.25, 0.3) is 0 Å². The number of benzene rings is 1. The average molecular weight is 270 g/mol. The largest absolute Gasteiger partial charge is 0.416 e. The Morgan fingerprint density at radius 3 is 2.89 bits per heavy atom. The van der Waals surface area contributed by atoms with Gasteiger partial charge in [-0.2, -0.15) is 13.2 Å². The van der Waals surface area contributed by atoms with E-state index < -0.39 is 11.7 Å². The number of alkyl halides is 3. The van der Waals surface area contributed by atoms with E-state index in [1.54, 1.807) is 6.07 Å². The quantitative estimate of drug-likeness (QED) is 0.825. The van der Waals surface area contributed by atoms with Crippen LogP contribution in [-0.2, 0) is 12.7 Å². The van der Waals surface area contributed by atoms with Crippen LogP contribution in [0.3, 0.4) is 0 Å². The van der Waals surface area contributed by atoms with Gasteiger partial charge in [0.2, 0.25) is 0 Å². The first-order chi connectivity index (χ1) is 9.05. The molecule has 1 aromatic rings. The Kier molecular flexibility index (Phi) is 4.61. The Labute approximate surface area is 110 Å². The molecule has 0 saturated heterocycles. The van der Waals surface area contributed by atoms with E-state index in [4.69, 9.17) is 0 Å². The molecule has 0 radical (unpaired) electrons. The van der Waals surface area contributed by atoms with E-state index >= 15 is 0 Å². The van der Waals surface area contributed by atoms with Gasteiger partial charge in [0.15, 0.2) is 0 Å². The minimum atomic E-state index is -4.28. The highest BCUT2D eigenvalue weighted by Crippen LogP contribution is 2.29. The van der Waals surface area contributed by atoms with Crippen LogP contribution < -0.4 is 10.6 Å². The van der Waals surface area contributed by atoms with Gasteiger partial charge in [-0.3, -0.25) is 10.6 Å². The highest BCUT2D eigenvalue weighted by molar-refractivity contribution is 5.25. The third kappa shape index (κ3) is 4.36. The van der Waals surface area contributed by atoms with Gasteiger partial charge in [-0.05, 0) is 24.5 Å². The van der Waals surface area contributed by atoms with Crippen LogP contribution in [0.5, 0.6) is 0 Å². The number of nitrogens with one attached hydrogen (secondary N) is 2. The number of hydrogen-bond acceptors (Lipinski definition) is 2. The van der Waals surface area contributed by atoms with Crippen LogP contribution in [0.15, 0.2) is 36.4 Å². The van der Waals surface area contributed by atoms with Gasteiger partial charge in [0.05, 0.1) is 11.7 Å². The lowest BCUT2D eigenvalue weighted by atomic mass is 10.1. The zero-order chi connectivity index (χ0) is 13.7. The molecule has 19 heavy (non-hydrogen) atoms. The van der Waals surface area contributed by atoms with E-state index in [2.05, 4.69) is 22.8 Å². The smallest absolute Gasteiger partial charge is 0.298 e. The molecule has 1 unspecified atom stereocenters. The van der Waals surface area contributed by atoms with Crippen LogP contribution in [0.2, 0.25) is 0 Å². The van der Waals surface area contributed by atoms with Crippen molar-refractivity contribution in [1.29, 1.82) is 0 Å². The summed E-state index contributed by atoms with van der Waals surface area (Å²) in [6.07, 6.45) is 1.96. The Hall–Kier alpha value is -1.33. The lowest BCUT2D eigenvalue weighted by molar-refractivity contribution is -0.137. The maximum atomic E-state index is 12.6. The van der Waals surface area contributed by atoms with Gasteiger partial charge in [-0.25, -0.2) is 0 Å². The molecule has 1 aliphatic rings. The van der Waals surface area contributed by atoms with Crippen molar-refractivity contribution in [2.45, 2.75) is 31.7 Å². The van der Waals surface area contributed by atoms with Crippen LogP contribution in [-0.4, -0.2) is 12.7 Å². The Balaban J connectivity index is 1.92. The molecule has 2 rings (SSSR count). The molecule has 5 heteroatoms. The Morgan fingerprint density at radius 1 is 1.26 bits per heavy atom. The number of halogens is 3. The molecule has 1 aliphatic heterocycles. The average Bonchev–Trinajstić information content (AvgIpc) is 2.64. The molecule has 0 saturated carbocycles. The van der Waals surface area contributed by atoms with Gasteiger partial charge < -0.3 is 0 Å². The summed E-state index contributed by atoms with van der Waals surface area (Å²) in [5.74, 6) is 0. The fraction of sp³-hybridized carbons (Fsp3) is 0.429. The minimum absolute atomic E-state index is 0.143. The number of rotatable bonds is 3. The molecule has 1 aromatic carbocycles. The van der Waals surface area contributed by atoms with Crippen molar-refractivity contribution in [2.24, 2.45) is 0 Å². The summed E-state index contributed by atoms with van der Waals surface area (Å²) in [4.78, 5) is 0. The van der Waals surface area contributed by atoms with E-state index in [1.165, 1.54) is 12.1 Å². The molecule has 2 N–H and O–H groups in total. The van der Waals surface area contributed by atoms with Gasteiger partial charge in [-0.15, -0.1) is 0 Å². The standard InChI is InChI=1S/C14H17F3N2/c15-14(16,17)12-6-4-5-11(9-12)10-19-13-7-2-1-3-8-18-13/h1,3-6,9,13,18-19H,2,7-8,10H2. The normalized spacial score (nSPS) is 20.3. The van der Waals surface area contributed by atoms with Crippen LogP contribution in [0.4, 0.5) is 13.2 Å². The van der Waals surface area contributed by atoms with Crippen molar-refractivity contribution in [3.05, 3.63) is 47.5 Å². The molecule has 0 bridgehead atoms. The third-order valence-corrected chi connectivity index (χ3v) is 3.08. The molecule has 2 nitrogen and oxygen atoms in total. The summed E-state index contributed by atoms with van der Waals surface area (Å²) in [6.45, 7) is 1.22. The molecule has 0 aliphatic carbocycles. The third-order valence-electron chi connectivity index (χ3n) is 3.08. The van der Waals surface area contributed by atoms with E-state index in [1.807, 2.05) is 0 Å². The summed E-state index contributed by atoms with van der Waals surface area (Å²) in [5, 5.41) is 6.51. The van der Waals surface area contributed by atoms with Crippen molar-refractivity contribution >= 4 is 0 Å². The topological polar surface area (TPSA) is 24.1 Å². The lowest BCUT2D eigenvalue weighted by Gasteiger charge is -2.18. The maximum Gasteiger partial charge on any atom is 0.416 e. The SMILES string of the molecule is FC(F)(F)c1cccc(CNC2CCC=CCN2)c1. The Bertz CT molecular complexity index is 431. The van der Waals surface area contributed by atoms with Crippen molar-refractivity contribution in [2.75, 3.05) is 6.54 Å². The first-order valence-electron chi connectivity index (χ1n) is 6.33. The first kappa shape index (κ1) is 14.1. The molecule has 0 fully saturated rings. The first-order valence-corrected chi connectivity index (χ1v) is 6.33. The highest BCUT2D eigenvalue weighted by atomic mass is 19.4. The van der Waals surface area contributed by atoms with Gasteiger partial charge in [0.1, 0.15) is 0 Å². The van der Waals surface area contributed by atoms with Gasteiger partial charge in [-0.1, -0.05) is 30.4 Å². The monoisotopic (exact) mass is 270 g/mol. The van der Waals surface area contributed by atoms with Crippen molar-refractivity contribution in [1.82, 2.24) is 10.6 Å². The van der Waals surface area contributed by atoms with E-state index in [0.717, 1.165) is 25.5 Å². The summed E-state index contributed by atoms with van der Waals surface area (Å²) >= 11 is 0. The van der Waals surface area contributed by atoms with Crippen molar-refractivity contribution in [3.8, 4) is 0 Å². The van der Waals surface area contributed by atoms with Gasteiger partial charge in [0, 0.05) is 13.1 Å². The minimum Gasteiger partial charge on any atom is -0.298 e. The van der Waals surface area contributed by atoms with Crippen LogP contribution >= 0.6 is 0 Å². The second-order valence-electron chi connectivity index (χ2n) is 4.59. The summed E-state index contributed by atoms with van der Waals surface area (Å²) in [6, 6.07) is 5.44. The molecule has 0 aromatic heterocycles. The second kappa shape index (κ2) is 6.21. The number of allylic oxidation sites excluding steroid dienone is 1. The fourth-order valence-corrected chi connectivity index (χ4v) is 2.05. The van der Waals surface area contributed by atoms with Gasteiger partial charge in [0.25, 0.3) is 0 Å². The lowest BCUT2D eigenvalue weighted by Crippen LogP contribution is -2.41. The molecule has 0 amide bonds.